The molecule has 8 nitrogen and oxygen atoms in total. The second-order valence-electron chi connectivity index (χ2n) is 9.84. The molecule has 0 saturated carbocycles. The van der Waals surface area contributed by atoms with Crippen LogP contribution in [0.1, 0.15) is 22.9 Å². The molecule has 6 rings (SSSR count). The van der Waals surface area contributed by atoms with E-state index in [2.05, 4.69) is 21.2 Å². The van der Waals surface area contributed by atoms with Gasteiger partial charge in [0, 0.05) is 10.4 Å². The molecule has 0 saturated heterocycles. The van der Waals surface area contributed by atoms with E-state index in [1.54, 1.807) is 16.7 Å². The number of nitrogens with zero attached hydrogens (tertiary/aromatic N) is 3. The quantitative estimate of drug-likeness (QED) is 0.249. The Morgan fingerprint density at radius 3 is 2.36 bits per heavy atom. The Bertz CT molecular complexity index is 2120. The first-order valence-electron chi connectivity index (χ1n) is 13.3. The van der Waals surface area contributed by atoms with Gasteiger partial charge in [-0.1, -0.05) is 79.3 Å². The molecule has 42 heavy (non-hydrogen) atoms. The summed E-state index contributed by atoms with van der Waals surface area (Å²) in [5, 5.41) is 4.30. The highest BCUT2D eigenvalue weighted by Gasteiger charge is 2.18. The van der Waals surface area contributed by atoms with E-state index in [-0.39, 0.29) is 24.5 Å². The summed E-state index contributed by atoms with van der Waals surface area (Å²) >= 11 is 1.44. The van der Waals surface area contributed by atoms with Crippen LogP contribution in [0.25, 0.3) is 38.3 Å². The van der Waals surface area contributed by atoms with Gasteiger partial charge in [0.2, 0.25) is 0 Å². The van der Waals surface area contributed by atoms with Gasteiger partial charge in [-0.2, -0.15) is 0 Å². The van der Waals surface area contributed by atoms with Crippen molar-refractivity contribution >= 4 is 27.1 Å². The molecule has 0 aliphatic carbocycles. The summed E-state index contributed by atoms with van der Waals surface area (Å²) in [6, 6.07) is 22.9. The third-order valence-corrected chi connectivity index (χ3v) is 8.43. The lowest BCUT2D eigenvalue weighted by Crippen LogP contribution is -2.40. The number of benzene rings is 3. The number of aryl methyl sites for hydroxylation is 1. The SMILES string of the molecule is C=C(Cn1c(=O)c2cc(CC)sc2n(Cc2ccc(-c3ccccc3-c3noc(=O)[nH]3)cc2)c1=O)c1ccc(F)cc1. The van der Waals surface area contributed by atoms with Gasteiger partial charge in [-0.3, -0.25) is 23.4 Å². The maximum atomic E-state index is 13.8. The normalized spacial score (nSPS) is 11.3. The Labute approximate surface area is 242 Å². The standard InChI is InChI=1S/C32H25FN4O4S/c1-3-24-16-27-29(38)36(17-19(2)21-12-14-23(33)15-13-21)32(40)37(30(27)42-24)18-20-8-10-22(11-9-20)25-6-4-5-7-26(25)28-34-31(39)41-35-28/h4-16H,2-3,17-18H2,1H3,(H,34,35,39). The van der Waals surface area contributed by atoms with Crippen LogP contribution in [-0.2, 0) is 19.5 Å². The topological polar surface area (TPSA) is 103 Å². The Morgan fingerprint density at radius 1 is 0.976 bits per heavy atom. The summed E-state index contributed by atoms with van der Waals surface area (Å²) in [6.45, 7) is 6.30. The third-order valence-electron chi connectivity index (χ3n) is 7.12. The van der Waals surface area contributed by atoms with Crippen molar-refractivity contribution in [3.63, 3.8) is 0 Å². The number of hydrogen-bond donors (Lipinski definition) is 1. The smallest absolute Gasteiger partial charge is 0.296 e. The number of halogens is 1. The van der Waals surface area contributed by atoms with Gasteiger partial charge >= 0.3 is 11.4 Å². The van der Waals surface area contributed by atoms with Gasteiger partial charge in [0.05, 0.1) is 18.5 Å². The van der Waals surface area contributed by atoms with Crippen molar-refractivity contribution < 1.29 is 8.91 Å². The van der Waals surface area contributed by atoms with Gasteiger partial charge < -0.3 is 0 Å². The van der Waals surface area contributed by atoms with Crippen molar-refractivity contribution in [1.29, 1.82) is 0 Å². The van der Waals surface area contributed by atoms with Crippen LogP contribution in [0, 0.1) is 5.82 Å². The van der Waals surface area contributed by atoms with E-state index in [1.807, 2.05) is 61.5 Å². The van der Waals surface area contributed by atoms with Crippen LogP contribution in [0.2, 0.25) is 0 Å². The molecule has 0 aliphatic rings. The van der Waals surface area contributed by atoms with Crippen molar-refractivity contribution in [2.75, 3.05) is 0 Å². The van der Waals surface area contributed by atoms with E-state index >= 15 is 0 Å². The number of nitrogens with one attached hydrogen (secondary N) is 1. The monoisotopic (exact) mass is 580 g/mol. The zero-order chi connectivity index (χ0) is 29.4. The number of H-pyrrole nitrogens is 1. The van der Waals surface area contributed by atoms with Crippen LogP contribution in [0.4, 0.5) is 4.39 Å². The number of thiophene rings is 1. The van der Waals surface area contributed by atoms with Crippen molar-refractivity contribution in [1.82, 2.24) is 19.3 Å². The number of aromatic nitrogens is 4. The highest BCUT2D eigenvalue weighted by atomic mass is 32.1. The number of allylic oxidation sites excluding steroid dienone is 1. The fraction of sp³-hybridized carbons (Fsp3) is 0.125. The molecule has 0 spiro atoms. The largest absolute Gasteiger partial charge is 0.439 e. The molecule has 210 valence electrons. The molecule has 0 amide bonds. The number of rotatable bonds is 8. The molecule has 3 aromatic carbocycles. The summed E-state index contributed by atoms with van der Waals surface area (Å²) in [6.07, 6.45) is 0.736. The first-order chi connectivity index (χ1) is 20.3. The van der Waals surface area contributed by atoms with Gasteiger partial charge in [0.25, 0.3) is 5.56 Å². The fourth-order valence-corrected chi connectivity index (χ4v) is 6.01. The average molecular weight is 581 g/mol. The van der Waals surface area contributed by atoms with Crippen LogP contribution >= 0.6 is 11.3 Å². The highest BCUT2D eigenvalue weighted by molar-refractivity contribution is 7.18. The van der Waals surface area contributed by atoms with Gasteiger partial charge in [-0.15, -0.1) is 11.3 Å². The molecular formula is C32H25FN4O4S. The van der Waals surface area contributed by atoms with Gasteiger partial charge in [0.1, 0.15) is 10.6 Å². The zero-order valence-electron chi connectivity index (χ0n) is 22.6. The molecule has 0 radical (unpaired) electrons. The molecule has 0 fully saturated rings. The van der Waals surface area contributed by atoms with Crippen molar-refractivity contribution in [3.8, 4) is 22.5 Å². The van der Waals surface area contributed by atoms with Gasteiger partial charge in [-0.05, 0) is 52.4 Å². The molecule has 3 heterocycles. The maximum Gasteiger partial charge on any atom is 0.439 e. The molecule has 0 aliphatic heterocycles. The summed E-state index contributed by atoms with van der Waals surface area (Å²) in [5.74, 6) is -0.669. The van der Waals surface area contributed by atoms with Crippen LogP contribution in [0.3, 0.4) is 0 Å². The molecule has 6 aromatic rings. The fourth-order valence-electron chi connectivity index (χ4n) is 4.93. The predicted octanol–water partition coefficient (Wildman–Crippen LogP) is 5.70. The van der Waals surface area contributed by atoms with E-state index in [0.29, 0.717) is 32.7 Å². The van der Waals surface area contributed by atoms with E-state index in [9.17, 15) is 18.8 Å². The minimum Gasteiger partial charge on any atom is -0.296 e. The lowest BCUT2D eigenvalue weighted by molar-refractivity contribution is 0.388. The Balaban J connectivity index is 1.38. The second kappa shape index (κ2) is 11.1. The Morgan fingerprint density at radius 2 is 1.69 bits per heavy atom. The Kier molecular flexibility index (Phi) is 7.13. The number of fused-ring (bicyclic) bond motifs is 1. The Hall–Kier alpha value is -5.09. The van der Waals surface area contributed by atoms with E-state index in [4.69, 9.17) is 0 Å². The van der Waals surface area contributed by atoms with Crippen molar-refractivity contribution in [2.45, 2.75) is 26.4 Å². The van der Waals surface area contributed by atoms with Gasteiger partial charge in [0.15, 0.2) is 5.82 Å². The maximum absolute atomic E-state index is 13.8. The van der Waals surface area contributed by atoms with E-state index in [0.717, 1.165) is 28.0 Å². The number of aromatic amines is 1. The lowest BCUT2D eigenvalue weighted by Gasteiger charge is -2.14. The third kappa shape index (κ3) is 5.08. The molecule has 3 aromatic heterocycles. The van der Waals surface area contributed by atoms with Crippen molar-refractivity contribution in [2.24, 2.45) is 0 Å². The summed E-state index contributed by atoms with van der Waals surface area (Å²) < 4.78 is 20.9. The minimum atomic E-state index is -0.630. The van der Waals surface area contributed by atoms with Crippen molar-refractivity contribution in [3.05, 3.63) is 139 Å². The molecule has 0 bridgehead atoms. The first kappa shape index (κ1) is 27.1. The van der Waals surface area contributed by atoms with Crippen LogP contribution in [0.15, 0.2) is 104 Å². The van der Waals surface area contributed by atoms with Crippen LogP contribution in [-0.4, -0.2) is 19.3 Å². The van der Waals surface area contributed by atoms with E-state index < -0.39 is 11.4 Å². The average Bonchev–Trinajstić information content (AvgIpc) is 3.65. The molecule has 0 atom stereocenters. The zero-order valence-corrected chi connectivity index (χ0v) is 23.4. The predicted molar refractivity (Wildman–Crippen MR) is 162 cm³/mol. The highest BCUT2D eigenvalue weighted by Crippen LogP contribution is 2.30. The lowest BCUT2D eigenvalue weighted by atomic mass is 9.98. The van der Waals surface area contributed by atoms with E-state index in [1.165, 1.54) is 28.0 Å². The van der Waals surface area contributed by atoms with Crippen LogP contribution < -0.4 is 17.0 Å². The van der Waals surface area contributed by atoms with Gasteiger partial charge in [-0.25, -0.2) is 14.0 Å². The molecule has 0 unspecified atom stereocenters. The molecule has 1 N–H and O–H groups in total. The minimum absolute atomic E-state index is 0.0175. The second-order valence-corrected chi connectivity index (χ2v) is 11.0. The number of hydrogen-bond acceptors (Lipinski definition) is 6. The summed E-state index contributed by atoms with van der Waals surface area (Å²) in [7, 11) is 0. The summed E-state index contributed by atoms with van der Waals surface area (Å²) in [5.41, 5.74) is 3.69. The van der Waals surface area contributed by atoms with Crippen LogP contribution in [0.5, 0.6) is 0 Å². The summed E-state index contributed by atoms with van der Waals surface area (Å²) in [4.78, 5) is 43.0. The molecular weight excluding hydrogens is 555 g/mol. The first-order valence-corrected chi connectivity index (χ1v) is 14.1. The molecule has 10 heteroatoms.